The van der Waals surface area contributed by atoms with Crippen molar-refractivity contribution in [3.05, 3.63) is 65.9 Å². The van der Waals surface area contributed by atoms with Crippen LogP contribution in [0.1, 0.15) is 30.4 Å². The van der Waals surface area contributed by atoms with Crippen molar-refractivity contribution in [2.45, 2.75) is 31.1 Å². The first-order valence-electron chi connectivity index (χ1n) is 6.99. The zero-order chi connectivity index (χ0) is 12.9. The Labute approximate surface area is 114 Å². The smallest absolute Gasteiger partial charge is 0.0742 e. The normalized spacial score (nSPS) is 24.3. The van der Waals surface area contributed by atoms with E-state index in [0.717, 1.165) is 19.3 Å². The van der Waals surface area contributed by atoms with Crippen molar-refractivity contribution < 1.29 is 0 Å². The predicted molar refractivity (Wildman–Crippen MR) is 78.0 cm³/mol. The molecule has 2 aromatic rings. The molecule has 0 aliphatic heterocycles. The molecule has 1 atom stereocenters. The van der Waals surface area contributed by atoms with Gasteiger partial charge in [0.05, 0.1) is 5.69 Å². The fourth-order valence-corrected chi connectivity index (χ4v) is 3.87. The summed E-state index contributed by atoms with van der Waals surface area (Å²) in [6.07, 6.45) is 6.56. The molecule has 0 bridgehead atoms. The maximum absolute atomic E-state index is 4.67. The third-order valence-corrected chi connectivity index (χ3v) is 4.73. The van der Waals surface area contributed by atoms with Crippen LogP contribution < -0.4 is 0 Å². The summed E-state index contributed by atoms with van der Waals surface area (Å²) in [4.78, 5) is 4.67. The maximum Gasteiger partial charge on any atom is 0.0742 e. The summed E-state index contributed by atoms with van der Waals surface area (Å²) in [5.74, 6) is 0. The van der Waals surface area contributed by atoms with Gasteiger partial charge in [0, 0.05) is 17.2 Å². The lowest BCUT2D eigenvalue weighted by atomic mass is 9.68. The number of nitrogens with zero attached hydrogens (tertiary/aromatic N) is 1. The summed E-state index contributed by atoms with van der Waals surface area (Å²) in [5.41, 5.74) is 7.06. The molecule has 1 aromatic carbocycles. The number of fused-ring (bicyclic) bond motifs is 4. The summed E-state index contributed by atoms with van der Waals surface area (Å²) in [7, 11) is 0. The third kappa shape index (κ3) is 1.51. The van der Waals surface area contributed by atoms with E-state index in [1.807, 2.05) is 6.20 Å². The Morgan fingerprint density at radius 2 is 1.95 bits per heavy atom. The van der Waals surface area contributed by atoms with Crippen molar-refractivity contribution in [2.24, 2.45) is 0 Å². The van der Waals surface area contributed by atoms with E-state index in [0.29, 0.717) is 0 Å². The Kier molecular flexibility index (Phi) is 2.20. The van der Waals surface area contributed by atoms with Crippen LogP contribution in [-0.4, -0.2) is 4.98 Å². The minimum atomic E-state index is 0.259. The van der Waals surface area contributed by atoms with Gasteiger partial charge in [-0.3, -0.25) is 4.98 Å². The molecule has 0 amide bonds. The number of hydrogen-bond acceptors (Lipinski definition) is 1. The second kappa shape index (κ2) is 3.80. The Morgan fingerprint density at radius 1 is 1.05 bits per heavy atom. The van der Waals surface area contributed by atoms with E-state index in [2.05, 4.69) is 48.0 Å². The van der Waals surface area contributed by atoms with Crippen molar-refractivity contribution >= 4 is 0 Å². The number of pyridine rings is 1. The molecular formula is C18H17N. The van der Waals surface area contributed by atoms with Crippen molar-refractivity contribution in [1.29, 1.82) is 0 Å². The van der Waals surface area contributed by atoms with E-state index in [9.17, 15) is 0 Å². The van der Waals surface area contributed by atoms with Crippen molar-refractivity contribution in [3.8, 4) is 11.3 Å². The lowest BCUT2D eigenvalue weighted by molar-refractivity contribution is 0.439. The second-order valence-electron chi connectivity index (χ2n) is 5.94. The summed E-state index contributed by atoms with van der Waals surface area (Å²) in [6.45, 7) is 4.21. The highest BCUT2D eigenvalue weighted by molar-refractivity contribution is 5.72. The van der Waals surface area contributed by atoms with Crippen LogP contribution in [0.5, 0.6) is 0 Å². The highest BCUT2D eigenvalue weighted by atomic mass is 14.7. The second-order valence-corrected chi connectivity index (χ2v) is 5.94. The lowest BCUT2D eigenvalue weighted by Gasteiger charge is -2.36. The van der Waals surface area contributed by atoms with E-state index in [-0.39, 0.29) is 5.41 Å². The maximum atomic E-state index is 4.67. The highest BCUT2D eigenvalue weighted by Crippen LogP contribution is 2.51. The minimum Gasteiger partial charge on any atom is -0.256 e. The van der Waals surface area contributed by atoms with E-state index < -0.39 is 0 Å². The first-order valence-corrected chi connectivity index (χ1v) is 6.99. The van der Waals surface area contributed by atoms with Crippen molar-refractivity contribution in [2.75, 3.05) is 0 Å². The van der Waals surface area contributed by atoms with E-state index in [4.69, 9.17) is 0 Å². The van der Waals surface area contributed by atoms with Crippen LogP contribution >= 0.6 is 0 Å². The average molecular weight is 247 g/mol. The van der Waals surface area contributed by atoms with Gasteiger partial charge in [0.15, 0.2) is 0 Å². The molecular weight excluding hydrogens is 230 g/mol. The fraction of sp³-hybridized carbons (Fsp3) is 0.278. The largest absolute Gasteiger partial charge is 0.256 e. The number of aromatic nitrogens is 1. The molecule has 19 heavy (non-hydrogen) atoms. The molecule has 1 heterocycles. The predicted octanol–water partition coefficient (Wildman–Crippen LogP) is 4.28. The van der Waals surface area contributed by atoms with Gasteiger partial charge in [-0.1, -0.05) is 42.5 Å². The van der Waals surface area contributed by atoms with Gasteiger partial charge in [-0.25, -0.2) is 0 Å². The highest BCUT2D eigenvalue weighted by Gasteiger charge is 2.42. The Balaban J connectivity index is 1.98. The SMILES string of the molecule is C=C1CCC2(C1)Cc1ccccc1-c1ncccc12. The van der Waals surface area contributed by atoms with Gasteiger partial charge >= 0.3 is 0 Å². The van der Waals surface area contributed by atoms with Crippen LogP contribution in [0.4, 0.5) is 0 Å². The Hall–Kier alpha value is -1.89. The van der Waals surface area contributed by atoms with Crippen LogP contribution in [0.25, 0.3) is 11.3 Å². The molecule has 1 aromatic heterocycles. The average Bonchev–Trinajstić information content (AvgIpc) is 2.81. The van der Waals surface area contributed by atoms with Crippen molar-refractivity contribution in [3.63, 3.8) is 0 Å². The van der Waals surface area contributed by atoms with Gasteiger partial charge in [0.25, 0.3) is 0 Å². The number of allylic oxidation sites excluding steroid dienone is 1. The van der Waals surface area contributed by atoms with Gasteiger partial charge in [-0.05, 0) is 42.9 Å². The molecule has 1 saturated carbocycles. The van der Waals surface area contributed by atoms with Crippen LogP contribution in [0.3, 0.4) is 0 Å². The molecule has 1 fully saturated rings. The van der Waals surface area contributed by atoms with Gasteiger partial charge in [-0.2, -0.15) is 0 Å². The standard InChI is InChI=1S/C18H17N/c1-13-8-9-18(11-13)12-14-5-2-3-6-15(14)17-16(18)7-4-10-19-17/h2-7,10H,1,8-9,11-12H2. The Bertz CT molecular complexity index is 671. The molecule has 0 N–H and O–H groups in total. The summed E-state index contributed by atoms with van der Waals surface area (Å²) >= 11 is 0. The molecule has 1 heteroatoms. The number of hydrogen-bond donors (Lipinski definition) is 0. The van der Waals surface area contributed by atoms with Gasteiger partial charge in [-0.15, -0.1) is 0 Å². The van der Waals surface area contributed by atoms with Gasteiger partial charge < -0.3 is 0 Å². The monoisotopic (exact) mass is 247 g/mol. The lowest BCUT2D eigenvalue weighted by Crippen LogP contribution is -2.29. The first-order chi connectivity index (χ1) is 9.28. The summed E-state index contributed by atoms with van der Waals surface area (Å²) in [6, 6.07) is 13.1. The Morgan fingerprint density at radius 3 is 2.79 bits per heavy atom. The number of rotatable bonds is 0. The molecule has 1 spiro atoms. The molecule has 0 saturated heterocycles. The van der Waals surface area contributed by atoms with Crippen molar-refractivity contribution in [1.82, 2.24) is 4.98 Å². The van der Waals surface area contributed by atoms with Crippen LogP contribution in [0.2, 0.25) is 0 Å². The van der Waals surface area contributed by atoms with Crippen LogP contribution in [0.15, 0.2) is 54.7 Å². The molecule has 2 aliphatic rings. The van der Waals surface area contributed by atoms with Crippen LogP contribution in [-0.2, 0) is 11.8 Å². The molecule has 94 valence electrons. The first kappa shape index (κ1) is 11.0. The van der Waals surface area contributed by atoms with Crippen LogP contribution in [0, 0.1) is 0 Å². The van der Waals surface area contributed by atoms with E-state index in [1.165, 1.54) is 34.4 Å². The molecule has 0 radical (unpaired) electrons. The number of benzene rings is 1. The zero-order valence-electron chi connectivity index (χ0n) is 11.0. The minimum absolute atomic E-state index is 0.259. The van der Waals surface area contributed by atoms with Gasteiger partial charge in [0.2, 0.25) is 0 Å². The summed E-state index contributed by atoms with van der Waals surface area (Å²) in [5, 5.41) is 0. The fourth-order valence-electron chi connectivity index (χ4n) is 3.87. The molecule has 2 aliphatic carbocycles. The third-order valence-electron chi connectivity index (χ3n) is 4.73. The quantitative estimate of drug-likeness (QED) is 0.633. The molecule has 1 unspecified atom stereocenters. The van der Waals surface area contributed by atoms with E-state index in [1.54, 1.807) is 0 Å². The zero-order valence-corrected chi connectivity index (χ0v) is 11.0. The molecule has 4 rings (SSSR count). The van der Waals surface area contributed by atoms with E-state index >= 15 is 0 Å². The van der Waals surface area contributed by atoms with Gasteiger partial charge in [0.1, 0.15) is 0 Å². The molecule has 1 nitrogen and oxygen atoms in total. The topological polar surface area (TPSA) is 12.9 Å². The summed E-state index contributed by atoms with van der Waals surface area (Å²) < 4.78 is 0.